The van der Waals surface area contributed by atoms with Gasteiger partial charge >= 0.3 is 5.97 Å². The van der Waals surface area contributed by atoms with Crippen molar-refractivity contribution in [3.8, 4) is 17.2 Å². The van der Waals surface area contributed by atoms with Gasteiger partial charge in [0.1, 0.15) is 17.2 Å². The molecule has 0 fully saturated rings. The zero-order chi connectivity index (χ0) is 20.4. The second-order valence-corrected chi connectivity index (χ2v) is 7.19. The van der Waals surface area contributed by atoms with Gasteiger partial charge in [0.2, 0.25) is 5.78 Å². The Morgan fingerprint density at radius 1 is 1.00 bits per heavy atom. The minimum Gasteiger partial charge on any atom is -0.497 e. The Bertz CT molecular complexity index is 1150. The molecule has 4 rings (SSSR count). The number of carbonyl (C=O) groups excluding carboxylic acids is 2. The van der Waals surface area contributed by atoms with E-state index in [-0.39, 0.29) is 17.3 Å². The number of esters is 1. The van der Waals surface area contributed by atoms with Gasteiger partial charge in [0, 0.05) is 10.5 Å². The molecule has 0 N–H and O–H groups in total. The van der Waals surface area contributed by atoms with E-state index in [1.165, 1.54) is 13.2 Å². The number of hydrogen-bond donors (Lipinski definition) is 0. The van der Waals surface area contributed by atoms with Crippen LogP contribution < -0.4 is 14.2 Å². The molecule has 6 heteroatoms. The average molecular weight is 451 g/mol. The lowest BCUT2D eigenvalue weighted by Gasteiger charge is -2.07. The summed E-state index contributed by atoms with van der Waals surface area (Å²) >= 11 is 3.40. The number of hydrogen-bond acceptors (Lipinski definition) is 5. The van der Waals surface area contributed by atoms with Crippen molar-refractivity contribution in [3.05, 3.63) is 93.7 Å². The number of Topliss-reactive ketones (excluding diaryl/α,β-unsaturated/α-hetero) is 1. The van der Waals surface area contributed by atoms with E-state index in [9.17, 15) is 9.59 Å². The first-order chi connectivity index (χ1) is 14.0. The highest BCUT2D eigenvalue weighted by atomic mass is 79.9. The van der Waals surface area contributed by atoms with Crippen molar-refractivity contribution in [2.24, 2.45) is 0 Å². The third-order valence-corrected chi connectivity index (χ3v) is 4.80. The number of halogens is 1. The molecule has 1 aliphatic rings. The van der Waals surface area contributed by atoms with Gasteiger partial charge in [-0.2, -0.15) is 0 Å². The summed E-state index contributed by atoms with van der Waals surface area (Å²) in [7, 11) is 1.53. The van der Waals surface area contributed by atoms with E-state index in [4.69, 9.17) is 14.2 Å². The number of benzene rings is 3. The molecule has 3 aromatic rings. The highest BCUT2D eigenvalue weighted by Crippen LogP contribution is 2.35. The number of allylic oxidation sites excluding steroid dienone is 1. The predicted molar refractivity (Wildman–Crippen MR) is 111 cm³/mol. The second-order valence-electron chi connectivity index (χ2n) is 6.27. The molecule has 3 aromatic carbocycles. The number of rotatable bonds is 4. The number of fused-ring (bicyclic) bond motifs is 1. The maximum Gasteiger partial charge on any atom is 0.343 e. The third-order valence-electron chi connectivity index (χ3n) is 4.30. The topological polar surface area (TPSA) is 61.8 Å². The van der Waals surface area contributed by atoms with E-state index >= 15 is 0 Å². The summed E-state index contributed by atoms with van der Waals surface area (Å²) in [5, 5.41) is 0. The van der Waals surface area contributed by atoms with Crippen molar-refractivity contribution in [3.63, 3.8) is 0 Å². The number of carbonyl (C=O) groups is 2. The minimum atomic E-state index is -0.530. The van der Waals surface area contributed by atoms with Crippen molar-refractivity contribution in [1.29, 1.82) is 0 Å². The van der Waals surface area contributed by atoms with Crippen LogP contribution in [0, 0.1) is 0 Å². The van der Waals surface area contributed by atoms with Crippen LogP contribution in [0.4, 0.5) is 0 Å². The Labute approximate surface area is 175 Å². The first kappa shape index (κ1) is 19.0. The summed E-state index contributed by atoms with van der Waals surface area (Å²) in [4.78, 5) is 25.0. The largest absolute Gasteiger partial charge is 0.497 e. The zero-order valence-corrected chi connectivity index (χ0v) is 16.9. The lowest BCUT2D eigenvalue weighted by atomic mass is 10.1. The Balaban J connectivity index is 1.55. The summed E-state index contributed by atoms with van der Waals surface area (Å²) in [6, 6.07) is 18.9. The maximum atomic E-state index is 12.6. The summed E-state index contributed by atoms with van der Waals surface area (Å²) < 4.78 is 17.2. The van der Waals surface area contributed by atoms with E-state index in [0.717, 1.165) is 10.0 Å². The molecule has 1 heterocycles. The van der Waals surface area contributed by atoms with Crippen LogP contribution in [0.2, 0.25) is 0 Å². The Kier molecular flexibility index (Phi) is 5.18. The van der Waals surface area contributed by atoms with E-state index < -0.39 is 5.97 Å². The van der Waals surface area contributed by atoms with Crippen molar-refractivity contribution >= 4 is 33.8 Å². The lowest BCUT2D eigenvalue weighted by Crippen LogP contribution is -2.08. The molecule has 29 heavy (non-hydrogen) atoms. The summed E-state index contributed by atoms with van der Waals surface area (Å²) in [5.74, 6) is 0.669. The zero-order valence-electron chi connectivity index (χ0n) is 15.3. The van der Waals surface area contributed by atoms with Crippen molar-refractivity contribution in [1.82, 2.24) is 0 Å². The van der Waals surface area contributed by atoms with Gasteiger partial charge < -0.3 is 14.2 Å². The lowest BCUT2D eigenvalue weighted by molar-refractivity contribution is 0.0734. The van der Waals surface area contributed by atoms with Gasteiger partial charge in [-0.15, -0.1) is 0 Å². The number of ether oxygens (including phenoxy) is 3. The molecule has 0 saturated heterocycles. The normalized spacial score (nSPS) is 13.7. The van der Waals surface area contributed by atoms with Crippen LogP contribution in [0.25, 0.3) is 6.08 Å². The van der Waals surface area contributed by atoms with Gasteiger partial charge in [-0.25, -0.2) is 4.79 Å². The van der Waals surface area contributed by atoms with Crippen LogP contribution >= 0.6 is 15.9 Å². The van der Waals surface area contributed by atoms with Gasteiger partial charge in [-0.05, 0) is 54.1 Å². The highest BCUT2D eigenvalue weighted by molar-refractivity contribution is 9.10. The highest BCUT2D eigenvalue weighted by Gasteiger charge is 2.28. The Hall–Kier alpha value is -3.38. The molecule has 0 radical (unpaired) electrons. The standard InChI is InChI=1S/C23H15BrO5/c1-27-17-7-3-5-15(12-17)23(26)28-18-8-9-19-20(13-18)29-21(22(19)25)11-14-4-2-6-16(24)10-14/h2-13H,1H3/b21-11-. The monoisotopic (exact) mass is 450 g/mol. The number of methoxy groups -OCH3 is 1. The van der Waals surface area contributed by atoms with Crippen molar-refractivity contribution in [2.45, 2.75) is 0 Å². The van der Waals surface area contributed by atoms with Crippen molar-refractivity contribution < 1.29 is 23.8 Å². The molecular formula is C23H15BrO5. The average Bonchev–Trinajstić information content (AvgIpc) is 3.02. The molecule has 0 atom stereocenters. The molecular weight excluding hydrogens is 436 g/mol. The van der Waals surface area contributed by atoms with Gasteiger partial charge in [-0.3, -0.25) is 4.79 Å². The van der Waals surface area contributed by atoms with Crippen LogP contribution in [0.15, 0.2) is 77.0 Å². The molecule has 1 aliphatic heterocycles. The van der Waals surface area contributed by atoms with E-state index in [1.54, 1.807) is 42.5 Å². The smallest absolute Gasteiger partial charge is 0.343 e. The Morgan fingerprint density at radius 3 is 2.62 bits per heavy atom. The van der Waals surface area contributed by atoms with Crippen LogP contribution in [-0.2, 0) is 0 Å². The fourth-order valence-corrected chi connectivity index (χ4v) is 3.31. The maximum absolute atomic E-state index is 12.6. The minimum absolute atomic E-state index is 0.217. The Morgan fingerprint density at radius 2 is 1.83 bits per heavy atom. The molecule has 144 valence electrons. The van der Waals surface area contributed by atoms with Gasteiger partial charge in [-0.1, -0.05) is 34.1 Å². The first-order valence-electron chi connectivity index (χ1n) is 8.73. The molecule has 0 spiro atoms. The first-order valence-corrected chi connectivity index (χ1v) is 9.53. The van der Waals surface area contributed by atoms with Gasteiger partial charge in [0.25, 0.3) is 0 Å². The molecule has 0 amide bonds. The van der Waals surface area contributed by atoms with Crippen LogP contribution in [0.3, 0.4) is 0 Å². The van der Waals surface area contributed by atoms with Crippen LogP contribution in [0.5, 0.6) is 17.2 Å². The summed E-state index contributed by atoms with van der Waals surface area (Å²) in [6.45, 7) is 0. The van der Waals surface area contributed by atoms with Gasteiger partial charge in [0.15, 0.2) is 5.76 Å². The molecule has 0 aromatic heterocycles. The van der Waals surface area contributed by atoms with E-state index in [0.29, 0.717) is 22.6 Å². The van der Waals surface area contributed by atoms with E-state index in [1.807, 2.05) is 24.3 Å². The quantitative estimate of drug-likeness (QED) is 0.306. The van der Waals surface area contributed by atoms with Gasteiger partial charge in [0.05, 0.1) is 18.2 Å². The SMILES string of the molecule is COc1cccc(C(=O)Oc2ccc3c(c2)O/C(=C\c2cccc(Br)c2)C3=O)c1. The van der Waals surface area contributed by atoms with Crippen LogP contribution in [0.1, 0.15) is 26.3 Å². The molecule has 0 aliphatic carbocycles. The molecule has 0 bridgehead atoms. The molecule has 5 nitrogen and oxygen atoms in total. The fourth-order valence-electron chi connectivity index (χ4n) is 2.89. The molecule has 0 unspecified atom stereocenters. The third kappa shape index (κ3) is 4.07. The van der Waals surface area contributed by atoms with E-state index in [2.05, 4.69) is 15.9 Å². The second kappa shape index (κ2) is 7.93. The predicted octanol–water partition coefficient (Wildman–Crippen LogP) is 5.29. The summed E-state index contributed by atoms with van der Waals surface area (Å²) in [6.07, 6.45) is 1.68. The van der Waals surface area contributed by atoms with Crippen molar-refractivity contribution in [2.75, 3.05) is 7.11 Å². The van der Waals surface area contributed by atoms with Crippen LogP contribution in [-0.4, -0.2) is 18.9 Å². The molecule has 0 saturated carbocycles. The number of ketones is 1. The summed E-state index contributed by atoms with van der Waals surface area (Å²) in [5.41, 5.74) is 1.62. The fraction of sp³-hybridized carbons (Fsp3) is 0.0435.